The Hall–Kier alpha value is -1.92. The van der Waals surface area contributed by atoms with Gasteiger partial charge in [0.2, 0.25) is 6.29 Å². The molecule has 1 aliphatic rings. The van der Waals surface area contributed by atoms with E-state index in [0.717, 1.165) is 5.56 Å². The van der Waals surface area contributed by atoms with Crippen molar-refractivity contribution in [2.24, 2.45) is 0 Å². The maximum Gasteiger partial charge on any atom is 0.305 e. The van der Waals surface area contributed by atoms with Crippen LogP contribution in [0.1, 0.15) is 25.8 Å². The zero-order valence-electron chi connectivity index (χ0n) is 12.7. The zero-order valence-corrected chi connectivity index (χ0v) is 12.7. The standard InChI is InChI=1S/C16H20O6/c1-11(17)20-15-8-14(22-16(15)21-12(2)18)10-19-9-13-6-4-3-5-7-13/h3-7,14-16H,8-10H2,1-2H3/t14-,15+,16?/m0/s1. The molecule has 6 heteroatoms. The van der Waals surface area contributed by atoms with Gasteiger partial charge < -0.3 is 18.9 Å². The Labute approximate surface area is 129 Å². The van der Waals surface area contributed by atoms with Crippen LogP contribution in [0.4, 0.5) is 0 Å². The fourth-order valence-electron chi connectivity index (χ4n) is 2.28. The van der Waals surface area contributed by atoms with E-state index in [0.29, 0.717) is 19.6 Å². The highest BCUT2D eigenvalue weighted by molar-refractivity contribution is 5.67. The molecule has 1 heterocycles. The van der Waals surface area contributed by atoms with Crippen molar-refractivity contribution in [1.82, 2.24) is 0 Å². The predicted octanol–water partition coefficient (Wildman–Crippen LogP) is 1.81. The summed E-state index contributed by atoms with van der Waals surface area (Å²) >= 11 is 0. The van der Waals surface area contributed by atoms with E-state index in [1.165, 1.54) is 13.8 Å². The Kier molecular flexibility index (Phi) is 5.91. The van der Waals surface area contributed by atoms with Crippen LogP contribution in [0.25, 0.3) is 0 Å². The van der Waals surface area contributed by atoms with Gasteiger partial charge in [0.05, 0.1) is 19.3 Å². The third kappa shape index (κ3) is 5.13. The summed E-state index contributed by atoms with van der Waals surface area (Å²) in [6.07, 6.45) is -1.30. The first-order valence-electron chi connectivity index (χ1n) is 7.16. The average Bonchev–Trinajstić information content (AvgIpc) is 2.80. The molecule has 2 rings (SSSR count). The summed E-state index contributed by atoms with van der Waals surface area (Å²) in [6.45, 7) is 3.40. The zero-order chi connectivity index (χ0) is 15.9. The molecule has 0 spiro atoms. The Bertz CT molecular complexity index is 477. The lowest BCUT2D eigenvalue weighted by Crippen LogP contribution is -2.30. The van der Waals surface area contributed by atoms with E-state index in [4.69, 9.17) is 18.9 Å². The van der Waals surface area contributed by atoms with Gasteiger partial charge in [-0.25, -0.2) is 0 Å². The number of carbonyl (C=O) groups is 2. The third-order valence-corrected chi connectivity index (χ3v) is 3.14. The van der Waals surface area contributed by atoms with Gasteiger partial charge in [0.1, 0.15) is 0 Å². The number of ether oxygens (including phenoxy) is 4. The quantitative estimate of drug-likeness (QED) is 0.746. The molecule has 0 aliphatic carbocycles. The molecule has 0 bridgehead atoms. The minimum Gasteiger partial charge on any atom is -0.456 e. The molecule has 1 saturated heterocycles. The highest BCUT2D eigenvalue weighted by Crippen LogP contribution is 2.25. The third-order valence-electron chi connectivity index (χ3n) is 3.14. The first kappa shape index (κ1) is 16.5. The first-order chi connectivity index (χ1) is 10.5. The van der Waals surface area contributed by atoms with Crippen molar-refractivity contribution in [3.05, 3.63) is 35.9 Å². The van der Waals surface area contributed by atoms with E-state index in [2.05, 4.69) is 0 Å². The Balaban J connectivity index is 1.81. The molecule has 120 valence electrons. The lowest BCUT2D eigenvalue weighted by molar-refractivity contribution is -0.196. The normalized spacial score (nSPS) is 24.0. The van der Waals surface area contributed by atoms with Gasteiger partial charge in [-0.3, -0.25) is 9.59 Å². The van der Waals surface area contributed by atoms with Crippen molar-refractivity contribution in [2.75, 3.05) is 6.61 Å². The maximum atomic E-state index is 11.1. The smallest absolute Gasteiger partial charge is 0.305 e. The number of hydrogen-bond donors (Lipinski definition) is 0. The van der Waals surface area contributed by atoms with Gasteiger partial charge >= 0.3 is 11.9 Å². The van der Waals surface area contributed by atoms with Gasteiger partial charge in [-0.05, 0) is 5.56 Å². The van der Waals surface area contributed by atoms with Crippen molar-refractivity contribution in [1.29, 1.82) is 0 Å². The highest BCUT2D eigenvalue weighted by Gasteiger charge is 2.39. The number of hydrogen-bond acceptors (Lipinski definition) is 6. The summed E-state index contributed by atoms with van der Waals surface area (Å²) in [5.74, 6) is -0.912. The van der Waals surface area contributed by atoms with Crippen molar-refractivity contribution in [3.8, 4) is 0 Å². The Morgan fingerprint density at radius 2 is 1.82 bits per heavy atom. The molecule has 1 aromatic carbocycles. The fraction of sp³-hybridized carbons (Fsp3) is 0.500. The molecule has 1 aromatic rings. The maximum absolute atomic E-state index is 11.1. The molecule has 6 nitrogen and oxygen atoms in total. The molecule has 0 amide bonds. The van der Waals surface area contributed by atoms with Gasteiger partial charge in [-0.2, -0.15) is 0 Å². The molecule has 1 aliphatic heterocycles. The second kappa shape index (κ2) is 7.91. The molecular weight excluding hydrogens is 288 g/mol. The minimum atomic E-state index is -0.869. The predicted molar refractivity (Wildman–Crippen MR) is 76.7 cm³/mol. The topological polar surface area (TPSA) is 71.1 Å². The Morgan fingerprint density at radius 3 is 2.45 bits per heavy atom. The van der Waals surface area contributed by atoms with Crippen molar-refractivity contribution >= 4 is 11.9 Å². The van der Waals surface area contributed by atoms with Gasteiger partial charge in [-0.15, -0.1) is 0 Å². The molecule has 0 radical (unpaired) electrons. The van der Waals surface area contributed by atoms with Gasteiger partial charge in [0, 0.05) is 20.3 Å². The average molecular weight is 308 g/mol. The summed E-state index contributed by atoms with van der Waals surface area (Å²) in [4.78, 5) is 22.2. The van der Waals surface area contributed by atoms with Crippen LogP contribution in [0.15, 0.2) is 30.3 Å². The van der Waals surface area contributed by atoms with Crippen LogP contribution >= 0.6 is 0 Å². The van der Waals surface area contributed by atoms with Crippen LogP contribution in [0, 0.1) is 0 Å². The molecule has 0 aromatic heterocycles. The Morgan fingerprint density at radius 1 is 1.14 bits per heavy atom. The molecular formula is C16H20O6. The second-order valence-corrected chi connectivity index (χ2v) is 5.12. The molecule has 0 N–H and O–H groups in total. The molecule has 1 fully saturated rings. The van der Waals surface area contributed by atoms with E-state index in [1.54, 1.807) is 0 Å². The van der Waals surface area contributed by atoms with Gasteiger partial charge in [-0.1, -0.05) is 30.3 Å². The number of carbonyl (C=O) groups excluding carboxylic acids is 2. The van der Waals surface area contributed by atoms with E-state index in [-0.39, 0.29) is 6.10 Å². The largest absolute Gasteiger partial charge is 0.456 e. The van der Waals surface area contributed by atoms with E-state index < -0.39 is 24.3 Å². The summed E-state index contributed by atoms with van der Waals surface area (Å²) < 4.78 is 21.3. The fourth-order valence-corrected chi connectivity index (χ4v) is 2.28. The van der Waals surface area contributed by atoms with Crippen molar-refractivity contribution in [3.63, 3.8) is 0 Å². The van der Waals surface area contributed by atoms with Crippen LogP contribution < -0.4 is 0 Å². The molecule has 0 saturated carbocycles. The van der Waals surface area contributed by atoms with E-state index in [1.807, 2.05) is 30.3 Å². The summed E-state index contributed by atoms with van der Waals surface area (Å²) in [5.41, 5.74) is 1.06. The van der Waals surface area contributed by atoms with Gasteiger partial charge in [0.15, 0.2) is 6.10 Å². The van der Waals surface area contributed by atoms with E-state index >= 15 is 0 Å². The minimum absolute atomic E-state index is 0.280. The SMILES string of the molecule is CC(=O)OC1O[C@H](COCc2ccccc2)C[C@H]1OC(C)=O. The molecule has 1 unspecified atom stereocenters. The lowest BCUT2D eigenvalue weighted by atomic mass is 10.2. The van der Waals surface area contributed by atoms with Crippen LogP contribution in [0.5, 0.6) is 0 Å². The molecule has 3 atom stereocenters. The number of benzene rings is 1. The van der Waals surface area contributed by atoms with Crippen LogP contribution in [0.2, 0.25) is 0 Å². The van der Waals surface area contributed by atoms with Crippen molar-refractivity contribution < 1.29 is 28.5 Å². The second-order valence-electron chi connectivity index (χ2n) is 5.12. The summed E-state index contributed by atoms with van der Waals surface area (Å²) in [6, 6.07) is 9.77. The van der Waals surface area contributed by atoms with E-state index in [9.17, 15) is 9.59 Å². The summed E-state index contributed by atoms with van der Waals surface area (Å²) in [5, 5.41) is 0. The lowest BCUT2D eigenvalue weighted by Gasteiger charge is -2.17. The summed E-state index contributed by atoms with van der Waals surface area (Å²) in [7, 11) is 0. The van der Waals surface area contributed by atoms with Crippen molar-refractivity contribution in [2.45, 2.75) is 45.4 Å². The number of rotatable bonds is 6. The van der Waals surface area contributed by atoms with Crippen LogP contribution in [-0.4, -0.2) is 37.0 Å². The van der Waals surface area contributed by atoms with Gasteiger partial charge in [0.25, 0.3) is 0 Å². The van der Waals surface area contributed by atoms with Crippen LogP contribution in [0.3, 0.4) is 0 Å². The van der Waals surface area contributed by atoms with Crippen LogP contribution in [-0.2, 0) is 35.1 Å². The highest BCUT2D eigenvalue weighted by atomic mass is 16.7. The monoisotopic (exact) mass is 308 g/mol. The number of esters is 2. The first-order valence-corrected chi connectivity index (χ1v) is 7.16. The molecule has 22 heavy (non-hydrogen) atoms.